The summed E-state index contributed by atoms with van der Waals surface area (Å²) in [5.41, 5.74) is 1.75. The number of ether oxygens (including phenoxy) is 1. The molecular weight excluding hydrogens is 369 g/mol. The van der Waals surface area contributed by atoms with Crippen LogP contribution in [0.3, 0.4) is 0 Å². The first-order valence-electron chi connectivity index (χ1n) is 10.4. The number of methoxy groups -OCH3 is 1. The van der Waals surface area contributed by atoms with Crippen LogP contribution in [0, 0.1) is 5.82 Å². The van der Waals surface area contributed by atoms with Gasteiger partial charge in [0.1, 0.15) is 11.6 Å². The Morgan fingerprint density at radius 3 is 2.66 bits per heavy atom. The third kappa shape index (κ3) is 6.19. The smallest absolute Gasteiger partial charge is 0.319 e. The Morgan fingerprint density at radius 1 is 1.10 bits per heavy atom. The van der Waals surface area contributed by atoms with Gasteiger partial charge in [-0.1, -0.05) is 30.7 Å². The number of hydrogen-bond acceptors (Lipinski definition) is 3. The first kappa shape index (κ1) is 21.1. The van der Waals surface area contributed by atoms with Gasteiger partial charge < -0.3 is 20.3 Å². The van der Waals surface area contributed by atoms with E-state index in [1.165, 1.54) is 45.5 Å². The van der Waals surface area contributed by atoms with Crippen molar-refractivity contribution in [1.29, 1.82) is 0 Å². The zero-order valence-electron chi connectivity index (χ0n) is 17.0. The predicted octanol–water partition coefficient (Wildman–Crippen LogP) is 4.89. The van der Waals surface area contributed by atoms with E-state index in [0.717, 1.165) is 19.4 Å². The summed E-state index contributed by atoms with van der Waals surface area (Å²) in [6.45, 7) is 4.15. The quantitative estimate of drug-likeness (QED) is 0.622. The number of benzene rings is 2. The monoisotopic (exact) mass is 399 g/mol. The first-order chi connectivity index (χ1) is 14.2. The number of hydrogen-bond donors (Lipinski definition) is 2. The van der Waals surface area contributed by atoms with E-state index in [1.807, 2.05) is 0 Å². The molecule has 2 aromatic rings. The van der Waals surface area contributed by atoms with Crippen molar-refractivity contribution in [2.45, 2.75) is 32.1 Å². The molecule has 0 radical (unpaired) electrons. The van der Waals surface area contributed by atoms with Crippen molar-refractivity contribution in [2.24, 2.45) is 0 Å². The Bertz CT molecular complexity index is 806. The van der Waals surface area contributed by atoms with Gasteiger partial charge in [0.2, 0.25) is 0 Å². The summed E-state index contributed by atoms with van der Waals surface area (Å²) in [5, 5.41) is 5.71. The zero-order valence-corrected chi connectivity index (χ0v) is 17.0. The molecule has 2 aromatic carbocycles. The van der Waals surface area contributed by atoms with Crippen molar-refractivity contribution in [2.75, 3.05) is 38.6 Å². The lowest BCUT2D eigenvalue weighted by Crippen LogP contribution is -2.32. The molecule has 6 heteroatoms. The number of likely N-dealkylation sites (tertiary alicyclic amines) is 1. The number of nitrogens with zero attached hydrogens (tertiary/aromatic N) is 1. The highest BCUT2D eigenvalue weighted by Crippen LogP contribution is 2.31. The standard InChI is InChI=1S/C23H30FN3O2/c1-29-22-17-18(19-9-3-4-10-20(19)24)11-12-21(22)26-23(28)25-13-5-8-16-27-14-6-2-7-15-27/h3-4,9-12,17H,2,5-8,13-16H2,1H3,(H2,25,26,28). The number of amides is 2. The average Bonchev–Trinajstić information content (AvgIpc) is 2.75. The van der Waals surface area contributed by atoms with Gasteiger partial charge in [-0.2, -0.15) is 0 Å². The lowest BCUT2D eigenvalue weighted by atomic mass is 10.0. The number of unbranched alkanes of at least 4 members (excludes halogenated alkanes) is 1. The van der Waals surface area contributed by atoms with Crippen molar-refractivity contribution in [3.63, 3.8) is 0 Å². The van der Waals surface area contributed by atoms with Gasteiger partial charge >= 0.3 is 6.03 Å². The van der Waals surface area contributed by atoms with Crippen molar-refractivity contribution < 1.29 is 13.9 Å². The Hall–Kier alpha value is -2.60. The molecule has 2 N–H and O–H groups in total. The molecule has 1 aliphatic heterocycles. The minimum Gasteiger partial charge on any atom is -0.495 e. The molecule has 0 aromatic heterocycles. The van der Waals surface area contributed by atoms with E-state index in [4.69, 9.17) is 4.74 Å². The summed E-state index contributed by atoms with van der Waals surface area (Å²) in [5.74, 6) is 0.198. The highest BCUT2D eigenvalue weighted by Gasteiger charge is 2.12. The van der Waals surface area contributed by atoms with Gasteiger partial charge in [-0.3, -0.25) is 0 Å². The average molecular weight is 400 g/mol. The molecule has 2 amide bonds. The van der Waals surface area contributed by atoms with Crippen LogP contribution >= 0.6 is 0 Å². The summed E-state index contributed by atoms with van der Waals surface area (Å²) in [4.78, 5) is 14.7. The topological polar surface area (TPSA) is 53.6 Å². The SMILES string of the molecule is COc1cc(-c2ccccc2F)ccc1NC(=O)NCCCCN1CCCCC1. The lowest BCUT2D eigenvalue weighted by molar-refractivity contribution is 0.224. The molecule has 3 rings (SSSR count). The fourth-order valence-corrected chi connectivity index (χ4v) is 3.67. The number of halogens is 1. The van der Waals surface area contributed by atoms with Crippen LogP contribution in [-0.4, -0.2) is 44.2 Å². The van der Waals surface area contributed by atoms with Crippen molar-refractivity contribution in [3.05, 3.63) is 48.3 Å². The highest BCUT2D eigenvalue weighted by atomic mass is 19.1. The minimum absolute atomic E-state index is 0.264. The van der Waals surface area contributed by atoms with Gasteiger partial charge in [0, 0.05) is 12.1 Å². The lowest BCUT2D eigenvalue weighted by Gasteiger charge is -2.26. The predicted molar refractivity (Wildman–Crippen MR) is 115 cm³/mol. The van der Waals surface area contributed by atoms with Crippen LogP contribution in [0.4, 0.5) is 14.9 Å². The first-order valence-corrected chi connectivity index (χ1v) is 10.4. The van der Waals surface area contributed by atoms with Crippen LogP contribution in [0.1, 0.15) is 32.1 Å². The number of urea groups is 1. The number of anilines is 1. The van der Waals surface area contributed by atoms with Crippen LogP contribution < -0.4 is 15.4 Å². The number of carbonyl (C=O) groups excluding carboxylic acids is 1. The van der Waals surface area contributed by atoms with Gasteiger partial charge in [-0.05, 0) is 69.1 Å². The Labute approximate surface area is 172 Å². The molecule has 156 valence electrons. The maximum atomic E-state index is 14.0. The van der Waals surface area contributed by atoms with E-state index < -0.39 is 0 Å². The molecule has 0 spiro atoms. The zero-order chi connectivity index (χ0) is 20.5. The number of carbonyl (C=O) groups is 1. The maximum absolute atomic E-state index is 14.0. The largest absolute Gasteiger partial charge is 0.495 e. The Morgan fingerprint density at radius 2 is 1.90 bits per heavy atom. The van der Waals surface area contributed by atoms with Crippen LogP contribution in [0.5, 0.6) is 5.75 Å². The van der Waals surface area contributed by atoms with E-state index in [9.17, 15) is 9.18 Å². The van der Waals surface area contributed by atoms with E-state index in [2.05, 4.69) is 15.5 Å². The summed E-state index contributed by atoms with van der Waals surface area (Å²) >= 11 is 0. The number of piperidine rings is 1. The van der Waals surface area contributed by atoms with Crippen LogP contribution in [0.2, 0.25) is 0 Å². The molecule has 0 atom stereocenters. The second kappa shape index (κ2) is 10.8. The van der Waals surface area contributed by atoms with Gasteiger partial charge in [0.25, 0.3) is 0 Å². The molecule has 29 heavy (non-hydrogen) atoms. The molecule has 1 fully saturated rings. The second-order valence-corrected chi connectivity index (χ2v) is 7.39. The summed E-state index contributed by atoms with van der Waals surface area (Å²) in [6, 6.07) is 11.6. The van der Waals surface area contributed by atoms with Gasteiger partial charge in [-0.25, -0.2) is 9.18 Å². The highest BCUT2D eigenvalue weighted by molar-refractivity contribution is 5.91. The molecule has 0 unspecified atom stereocenters. The summed E-state index contributed by atoms with van der Waals surface area (Å²) in [7, 11) is 1.53. The van der Waals surface area contributed by atoms with Crippen molar-refractivity contribution >= 4 is 11.7 Å². The summed E-state index contributed by atoms with van der Waals surface area (Å²) in [6.07, 6.45) is 5.99. The molecule has 1 aliphatic rings. The summed E-state index contributed by atoms with van der Waals surface area (Å²) < 4.78 is 19.4. The van der Waals surface area contributed by atoms with E-state index >= 15 is 0 Å². The third-order valence-corrected chi connectivity index (χ3v) is 5.27. The molecular formula is C23H30FN3O2. The minimum atomic E-state index is -0.294. The van der Waals surface area contributed by atoms with Crippen LogP contribution in [-0.2, 0) is 0 Å². The van der Waals surface area contributed by atoms with Crippen LogP contribution in [0.15, 0.2) is 42.5 Å². The van der Waals surface area contributed by atoms with Crippen LogP contribution in [0.25, 0.3) is 11.1 Å². The van der Waals surface area contributed by atoms with Crippen molar-refractivity contribution in [3.8, 4) is 16.9 Å². The normalized spacial score (nSPS) is 14.4. The van der Waals surface area contributed by atoms with E-state index in [-0.39, 0.29) is 11.8 Å². The third-order valence-electron chi connectivity index (χ3n) is 5.27. The van der Waals surface area contributed by atoms with Gasteiger partial charge in [0.15, 0.2) is 0 Å². The maximum Gasteiger partial charge on any atom is 0.319 e. The van der Waals surface area contributed by atoms with Crippen molar-refractivity contribution in [1.82, 2.24) is 10.2 Å². The molecule has 1 heterocycles. The second-order valence-electron chi connectivity index (χ2n) is 7.39. The molecule has 1 saturated heterocycles. The molecule has 0 bridgehead atoms. The van der Waals surface area contributed by atoms with E-state index in [1.54, 1.807) is 36.4 Å². The van der Waals surface area contributed by atoms with Gasteiger partial charge in [0.05, 0.1) is 12.8 Å². The van der Waals surface area contributed by atoms with E-state index in [0.29, 0.717) is 29.1 Å². The fraction of sp³-hybridized carbons (Fsp3) is 0.435. The fourth-order valence-electron chi connectivity index (χ4n) is 3.67. The Kier molecular flexibility index (Phi) is 7.87. The number of rotatable bonds is 8. The Balaban J connectivity index is 1.47. The number of nitrogens with one attached hydrogen (secondary N) is 2. The van der Waals surface area contributed by atoms with Gasteiger partial charge in [-0.15, -0.1) is 0 Å². The molecule has 0 aliphatic carbocycles. The molecule has 5 nitrogen and oxygen atoms in total. The molecule has 0 saturated carbocycles.